The molecule has 0 aromatic heterocycles. The molecule has 56 valence electrons. The van der Waals surface area contributed by atoms with Crippen molar-refractivity contribution >= 4 is 11.6 Å². The van der Waals surface area contributed by atoms with Gasteiger partial charge in [0.15, 0.2) is 0 Å². The molecule has 0 unspecified atom stereocenters. The minimum absolute atomic E-state index is 0.341. The van der Waals surface area contributed by atoms with Gasteiger partial charge < -0.3 is 4.74 Å². The molecule has 0 N–H and O–H groups in total. The van der Waals surface area contributed by atoms with Crippen molar-refractivity contribution in [2.24, 2.45) is 0 Å². The molecule has 0 radical (unpaired) electrons. The van der Waals surface area contributed by atoms with E-state index in [2.05, 4.69) is 11.3 Å². The van der Waals surface area contributed by atoms with Gasteiger partial charge in [-0.1, -0.05) is 18.2 Å². The van der Waals surface area contributed by atoms with Crippen LogP contribution >= 0.6 is 11.6 Å². The van der Waals surface area contributed by atoms with Crippen LogP contribution in [0.15, 0.2) is 30.3 Å². The van der Waals surface area contributed by atoms with E-state index < -0.39 is 0 Å². The van der Waals surface area contributed by atoms with E-state index in [0.717, 1.165) is 5.75 Å². The molecule has 1 rings (SSSR count). The average molecular weight is 167 g/mol. The van der Waals surface area contributed by atoms with Crippen molar-refractivity contribution in [1.82, 2.24) is 0 Å². The van der Waals surface area contributed by atoms with Crippen LogP contribution in [-0.2, 0) is 0 Å². The Morgan fingerprint density at radius 3 is 2.64 bits per heavy atom. The molecule has 0 aliphatic carbocycles. The van der Waals surface area contributed by atoms with Crippen molar-refractivity contribution in [3.8, 4) is 17.0 Å². The highest BCUT2D eigenvalue weighted by Gasteiger charge is 1.85. The third-order valence-corrected chi connectivity index (χ3v) is 1.25. The maximum atomic E-state index is 5.19. The number of ether oxygens (including phenoxy) is 1. The predicted molar refractivity (Wildman–Crippen MR) is 45.6 cm³/mol. The maximum Gasteiger partial charge on any atom is 0.150 e. The summed E-state index contributed by atoms with van der Waals surface area (Å²) in [7, 11) is 0. The Bertz CT molecular complexity index is 258. The number of benzene rings is 1. The standard InChI is InChI=1S/C9H7ClO/c10-7-4-8-11-9-5-2-1-3-6-9/h1-3,5-6H,8H2. The van der Waals surface area contributed by atoms with Crippen LogP contribution in [0.4, 0.5) is 0 Å². The molecule has 1 nitrogen and oxygen atoms in total. The molecule has 1 aromatic rings. The molecule has 0 aliphatic rings. The van der Waals surface area contributed by atoms with Crippen LogP contribution in [0.5, 0.6) is 5.75 Å². The first-order chi connectivity index (χ1) is 5.43. The molecule has 0 saturated heterocycles. The highest BCUT2D eigenvalue weighted by atomic mass is 35.5. The number of para-hydroxylation sites is 1. The van der Waals surface area contributed by atoms with Gasteiger partial charge in [0.2, 0.25) is 0 Å². The highest BCUT2D eigenvalue weighted by Crippen LogP contribution is 2.07. The fourth-order valence-corrected chi connectivity index (χ4v) is 0.718. The first kappa shape index (κ1) is 7.97. The van der Waals surface area contributed by atoms with Crippen molar-refractivity contribution in [2.75, 3.05) is 6.61 Å². The summed E-state index contributed by atoms with van der Waals surface area (Å²) in [4.78, 5) is 0. The second-order valence-electron chi connectivity index (χ2n) is 1.87. The van der Waals surface area contributed by atoms with Gasteiger partial charge in [0, 0.05) is 5.38 Å². The van der Waals surface area contributed by atoms with Gasteiger partial charge in [-0.15, -0.1) is 0 Å². The van der Waals surface area contributed by atoms with Crippen LogP contribution in [0.1, 0.15) is 0 Å². The zero-order valence-electron chi connectivity index (χ0n) is 5.88. The summed E-state index contributed by atoms with van der Waals surface area (Å²) in [6, 6.07) is 9.48. The molecule has 0 amide bonds. The molecule has 0 saturated carbocycles. The van der Waals surface area contributed by atoms with Crippen LogP contribution in [0.3, 0.4) is 0 Å². The van der Waals surface area contributed by atoms with Gasteiger partial charge in [-0.3, -0.25) is 0 Å². The first-order valence-electron chi connectivity index (χ1n) is 3.20. The molecule has 0 heterocycles. The molecular formula is C9H7ClO. The molecule has 0 bridgehead atoms. The molecule has 0 aliphatic heterocycles. The number of hydrogen-bond donors (Lipinski definition) is 0. The smallest absolute Gasteiger partial charge is 0.150 e. The summed E-state index contributed by atoms with van der Waals surface area (Å²) in [6.07, 6.45) is 0. The Morgan fingerprint density at radius 1 is 1.27 bits per heavy atom. The van der Waals surface area contributed by atoms with Crippen LogP contribution in [0.2, 0.25) is 0 Å². The van der Waals surface area contributed by atoms with Gasteiger partial charge in [0.25, 0.3) is 0 Å². The Labute approximate surface area is 70.9 Å². The van der Waals surface area contributed by atoms with E-state index in [4.69, 9.17) is 16.3 Å². The Kier molecular flexibility index (Phi) is 3.37. The minimum atomic E-state index is 0.341. The van der Waals surface area contributed by atoms with Crippen LogP contribution in [0.25, 0.3) is 0 Å². The zero-order valence-corrected chi connectivity index (χ0v) is 6.64. The number of halogens is 1. The van der Waals surface area contributed by atoms with Crippen molar-refractivity contribution in [2.45, 2.75) is 0 Å². The van der Waals surface area contributed by atoms with Gasteiger partial charge in [-0.05, 0) is 29.7 Å². The zero-order chi connectivity index (χ0) is 7.94. The monoisotopic (exact) mass is 166 g/mol. The van der Waals surface area contributed by atoms with Gasteiger partial charge in [-0.2, -0.15) is 0 Å². The summed E-state index contributed by atoms with van der Waals surface area (Å²) >= 11 is 5.13. The highest BCUT2D eigenvalue weighted by molar-refractivity contribution is 6.30. The summed E-state index contributed by atoms with van der Waals surface area (Å²) in [6.45, 7) is 0.341. The second-order valence-corrected chi connectivity index (χ2v) is 2.06. The molecule has 1 aromatic carbocycles. The van der Waals surface area contributed by atoms with Gasteiger partial charge in [0.1, 0.15) is 12.4 Å². The third kappa shape index (κ3) is 2.97. The summed E-state index contributed by atoms with van der Waals surface area (Å²) in [5.41, 5.74) is 0. The lowest BCUT2D eigenvalue weighted by Crippen LogP contribution is -1.92. The molecule has 0 atom stereocenters. The van der Waals surface area contributed by atoms with Gasteiger partial charge in [-0.25, -0.2) is 0 Å². The Morgan fingerprint density at radius 2 is 2.00 bits per heavy atom. The average Bonchev–Trinajstić information content (AvgIpc) is 2.07. The molecule has 2 heteroatoms. The molecule has 0 spiro atoms. The first-order valence-corrected chi connectivity index (χ1v) is 3.57. The number of hydrogen-bond acceptors (Lipinski definition) is 1. The quantitative estimate of drug-likeness (QED) is 0.613. The van der Waals surface area contributed by atoms with E-state index in [-0.39, 0.29) is 0 Å². The lowest BCUT2D eigenvalue weighted by atomic mass is 10.3. The Hall–Kier alpha value is -1.13. The van der Waals surface area contributed by atoms with Gasteiger partial charge >= 0.3 is 0 Å². The van der Waals surface area contributed by atoms with E-state index in [1.54, 1.807) is 0 Å². The maximum absolute atomic E-state index is 5.19. The van der Waals surface area contributed by atoms with Crippen LogP contribution < -0.4 is 4.74 Å². The van der Waals surface area contributed by atoms with Crippen molar-refractivity contribution < 1.29 is 4.74 Å². The van der Waals surface area contributed by atoms with E-state index >= 15 is 0 Å². The second kappa shape index (κ2) is 4.65. The van der Waals surface area contributed by atoms with E-state index in [1.165, 1.54) is 0 Å². The van der Waals surface area contributed by atoms with Gasteiger partial charge in [0.05, 0.1) is 0 Å². The van der Waals surface area contributed by atoms with Crippen molar-refractivity contribution in [1.29, 1.82) is 0 Å². The van der Waals surface area contributed by atoms with Crippen molar-refractivity contribution in [3.05, 3.63) is 30.3 Å². The fourth-order valence-electron chi connectivity index (χ4n) is 0.663. The van der Waals surface area contributed by atoms with E-state index in [0.29, 0.717) is 6.61 Å². The number of rotatable bonds is 2. The lowest BCUT2D eigenvalue weighted by Gasteiger charge is -1.98. The van der Waals surface area contributed by atoms with Crippen LogP contribution in [0, 0.1) is 11.3 Å². The topological polar surface area (TPSA) is 9.23 Å². The Balaban J connectivity index is 2.43. The summed E-state index contributed by atoms with van der Waals surface area (Å²) < 4.78 is 5.19. The molecular weight excluding hydrogens is 160 g/mol. The largest absolute Gasteiger partial charge is 0.481 e. The van der Waals surface area contributed by atoms with E-state index in [9.17, 15) is 0 Å². The summed E-state index contributed by atoms with van der Waals surface area (Å²) in [5, 5.41) is 2.24. The predicted octanol–water partition coefficient (Wildman–Crippen LogP) is 2.27. The van der Waals surface area contributed by atoms with Crippen LogP contribution in [-0.4, -0.2) is 6.61 Å². The summed E-state index contributed by atoms with van der Waals surface area (Å²) in [5.74, 6) is 3.40. The van der Waals surface area contributed by atoms with Crippen molar-refractivity contribution in [3.63, 3.8) is 0 Å². The molecule has 0 fully saturated rings. The lowest BCUT2D eigenvalue weighted by molar-refractivity contribution is 0.370. The SMILES string of the molecule is ClC#CCOc1ccccc1. The van der Waals surface area contributed by atoms with E-state index in [1.807, 2.05) is 30.3 Å². The third-order valence-electron chi connectivity index (χ3n) is 1.12. The normalized spacial score (nSPS) is 8.09. The minimum Gasteiger partial charge on any atom is -0.481 e. The fraction of sp³-hybridized carbons (Fsp3) is 0.111. The molecule has 11 heavy (non-hydrogen) atoms.